The average Bonchev–Trinajstić information content (AvgIpc) is 2.86. The Morgan fingerprint density at radius 1 is 0.706 bits per heavy atom. The van der Waals surface area contributed by atoms with Crippen LogP contribution in [0.4, 0.5) is 0 Å². The van der Waals surface area contributed by atoms with Crippen molar-refractivity contribution in [3.63, 3.8) is 0 Å². The predicted octanol–water partition coefficient (Wildman–Crippen LogP) is 4.78. The number of pyridine rings is 2. The molecule has 0 saturated carbocycles. The van der Waals surface area contributed by atoms with Gasteiger partial charge in [-0.3, -0.25) is 9.97 Å². The molecule has 5 rings (SSSR count). The lowest BCUT2D eigenvalue weighted by molar-refractivity contribution is 0.415. The van der Waals surface area contributed by atoms with Gasteiger partial charge in [0.25, 0.3) is 0 Å². The molecule has 170 valence electrons. The van der Waals surface area contributed by atoms with Crippen LogP contribution in [0, 0.1) is 0 Å². The van der Waals surface area contributed by atoms with E-state index in [0.29, 0.717) is 28.1 Å². The molecule has 0 atom stereocenters. The van der Waals surface area contributed by atoms with E-state index in [-0.39, 0.29) is 4.90 Å². The molecule has 2 N–H and O–H groups in total. The van der Waals surface area contributed by atoms with Crippen molar-refractivity contribution in [2.24, 2.45) is 5.14 Å². The van der Waals surface area contributed by atoms with Gasteiger partial charge in [0.05, 0.1) is 30.1 Å². The molecule has 7 nitrogen and oxygen atoms in total. The van der Waals surface area contributed by atoms with Crippen LogP contribution in [0.25, 0.3) is 44.1 Å². The van der Waals surface area contributed by atoms with E-state index in [4.69, 9.17) is 14.6 Å². The molecule has 3 aromatic carbocycles. The molecule has 0 aliphatic heterocycles. The van der Waals surface area contributed by atoms with Crippen molar-refractivity contribution in [1.29, 1.82) is 0 Å². The highest BCUT2D eigenvalue weighted by Crippen LogP contribution is 2.39. The Balaban J connectivity index is 1.86. The van der Waals surface area contributed by atoms with Gasteiger partial charge >= 0.3 is 0 Å². The van der Waals surface area contributed by atoms with E-state index < -0.39 is 10.0 Å². The summed E-state index contributed by atoms with van der Waals surface area (Å²) in [6.45, 7) is 0. The van der Waals surface area contributed by atoms with Gasteiger partial charge in [-0.25, -0.2) is 13.6 Å². The molecule has 2 heterocycles. The molecular weight excluding hydrogens is 450 g/mol. The van der Waals surface area contributed by atoms with Gasteiger partial charge in [0, 0.05) is 39.9 Å². The van der Waals surface area contributed by atoms with Crippen LogP contribution in [0.1, 0.15) is 0 Å². The zero-order valence-corrected chi connectivity index (χ0v) is 19.3. The molecule has 0 amide bonds. The second-order valence-corrected chi connectivity index (χ2v) is 9.29. The van der Waals surface area contributed by atoms with Crippen molar-refractivity contribution in [2.75, 3.05) is 14.2 Å². The third kappa shape index (κ3) is 3.83. The van der Waals surface area contributed by atoms with Crippen LogP contribution >= 0.6 is 0 Å². The number of nitrogens with zero attached hydrogens (tertiary/aromatic N) is 2. The standard InChI is InChI=1S/C26H21N3O4S/c1-32-19-11-17-5-3-9-28-25(17)21(14-19)16-7-8-24(34(27,30)31)22(13-16)23-15-20(33-2)12-18-6-4-10-29-26(18)23/h3-15H,1-2H3,(H2,27,30,31). The lowest BCUT2D eigenvalue weighted by atomic mass is 9.95. The van der Waals surface area contributed by atoms with Crippen molar-refractivity contribution >= 4 is 31.8 Å². The van der Waals surface area contributed by atoms with Crippen molar-refractivity contribution in [3.8, 4) is 33.8 Å². The summed E-state index contributed by atoms with van der Waals surface area (Å²) in [5, 5.41) is 7.34. The number of hydrogen-bond donors (Lipinski definition) is 1. The Hall–Kier alpha value is -4.01. The van der Waals surface area contributed by atoms with Gasteiger partial charge < -0.3 is 9.47 Å². The molecule has 0 spiro atoms. The summed E-state index contributed by atoms with van der Waals surface area (Å²) in [5.74, 6) is 1.25. The van der Waals surface area contributed by atoms with Gasteiger partial charge in [0.15, 0.2) is 0 Å². The van der Waals surface area contributed by atoms with Crippen LogP contribution in [0.15, 0.2) is 84.0 Å². The summed E-state index contributed by atoms with van der Waals surface area (Å²) in [7, 11) is -0.869. The maximum atomic E-state index is 12.6. The van der Waals surface area contributed by atoms with Crippen LogP contribution in [0.5, 0.6) is 11.5 Å². The lowest BCUT2D eigenvalue weighted by Crippen LogP contribution is -2.13. The number of primary sulfonamides is 1. The first-order valence-electron chi connectivity index (χ1n) is 10.4. The van der Waals surface area contributed by atoms with E-state index in [1.807, 2.05) is 42.5 Å². The highest BCUT2D eigenvalue weighted by molar-refractivity contribution is 7.89. The first-order valence-corrected chi connectivity index (χ1v) is 12.0. The molecule has 0 fully saturated rings. The average molecular weight is 472 g/mol. The molecule has 5 aromatic rings. The Kier molecular flexibility index (Phi) is 5.39. The lowest BCUT2D eigenvalue weighted by Gasteiger charge is -2.15. The molecule has 0 radical (unpaired) electrons. The van der Waals surface area contributed by atoms with Crippen LogP contribution in [-0.2, 0) is 10.0 Å². The molecule has 0 unspecified atom stereocenters. The van der Waals surface area contributed by atoms with E-state index in [0.717, 1.165) is 27.4 Å². The number of fused-ring (bicyclic) bond motifs is 2. The van der Waals surface area contributed by atoms with Crippen LogP contribution in [0.2, 0.25) is 0 Å². The highest BCUT2D eigenvalue weighted by Gasteiger charge is 2.20. The summed E-state index contributed by atoms with van der Waals surface area (Å²) in [6, 6.07) is 20.0. The molecule has 0 aliphatic carbocycles. The predicted molar refractivity (Wildman–Crippen MR) is 132 cm³/mol. The molecule has 0 bridgehead atoms. The molecular formula is C26H21N3O4S. The van der Waals surface area contributed by atoms with E-state index in [2.05, 4.69) is 9.97 Å². The maximum absolute atomic E-state index is 12.6. The van der Waals surface area contributed by atoms with Crippen molar-refractivity contribution < 1.29 is 17.9 Å². The topological polar surface area (TPSA) is 104 Å². The SMILES string of the molecule is COc1cc(-c2ccc(S(N)(=O)=O)c(-c3cc(OC)cc4cccnc34)c2)c2ncccc2c1. The Labute approximate surface area is 196 Å². The summed E-state index contributed by atoms with van der Waals surface area (Å²) in [5.41, 5.74) is 4.00. The van der Waals surface area contributed by atoms with Gasteiger partial charge in [-0.05, 0) is 54.1 Å². The summed E-state index contributed by atoms with van der Waals surface area (Å²) in [4.78, 5) is 9.06. The number of hydrogen-bond acceptors (Lipinski definition) is 6. The Morgan fingerprint density at radius 2 is 1.26 bits per heavy atom. The van der Waals surface area contributed by atoms with Crippen molar-refractivity contribution in [2.45, 2.75) is 4.90 Å². The van der Waals surface area contributed by atoms with Crippen molar-refractivity contribution in [1.82, 2.24) is 9.97 Å². The minimum atomic E-state index is -4.03. The highest BCUT2D eigenvalue weighted by atomic mass is 32.2. The first-order chi connectivity index (χ1) is 16.4. The van der Waals surface area contributed by atoms with E-state index >= 15 is 0 Å². The van der Waals surface area contributed by atoms with Gasteiger partial charge in [-0.15, -0.1) is 0 Å². The summed E-state index contributed by atoms with van der Waals surface area (Å²) in [6.07, 6.45) is 3.38. The molecule has 34 heavy (non-hydrogen) atoms. The second-order valence-electron chi connectivity index (χ2n) is 7.76. The fourth-order valence-electron chi connectivity index (χ4n) is 4.15. The zero-order chi connectivity index (χ0) is 23.9. The number of nitrogens with two attached hydrogens (primary N) is 1. The van der Waals surface area contributed by atoms with Crippen LogP contribution < -0.4 is 14.6 Å². The number of rotatable bonds is 5. The Bertz CT molecular complexity index is 1670. The van der Waals surface area contributed by atoms with E-state index in [1.54, 1.807) is 44.8 Å². The third-order valence-electron chi connectivity index (χ3n) is 5.72. The summed E-state index contributed by atoms with van der Waals surface area (Å²) >= 11 is 0. The Morgan fingerprint density at radius 3 is 1.82 bits per heavy atom. The van der Waals surface area contributed by atoms with Gasteiger partial charge in [-0.1, -0.05) is 18.2 Å². The fourth-order valence-corrected chi connectivity index (χ4v) is 4.88. The smallest absolute Gasteiger partial charge is 0.238 e. The largest absolute Gasteiger partial charge is 0.497 e. The maximum Gasteiger partial charge on any atom is 0.238 e. The van der Waals surface area contributed by atoms with E-state index in [1.165, 1.54) is 6.07 Å². The number of sulfonamides is 1. The minimum absolute atomic E-state index is 0.00313. The number of ether oxygens (including phenoxy) is 2. The molecule has 0 saturated heterocycles. The van der Waals surface area contributed by atoms with Gasteiger partial charge in [0.1, 0.15) is 11.5 Å². The first kappa shape index (κ1) is 21.8. The zero-order valence-electron chi connectivity index (χ0n) is 18.5. The molecule has 8 heteroatoms. The monoisotopic (exact) mass is 471 g/mol. The normalized spacial score (nSPS) is 11.6. The number of benzene rings is 3. The third-order valence-corrected chi connectivity index (χ3v) is 6.68. The molecule has 0 aliphatic rings. The minimum Gasteiger partial charge on any atom is -0.497 e. The quantitative estimate of drug-likeness (QED) is 0.396. The fraction of sp³-hybridized carbons (Fsp3) is 0.0769. The van der Waals surface area contributed by atoms with Gasteiger partial charge in [0.2, 0.25) is 10.0 Å². The van der Waals surface area contributed by atoms with Crippen LogP contribution in [0.3, 0.4) is 0 Å². The van der Waals surface area contributed by atoms with Crippen molar-refractivity contribution in [3.05, 3.63) is 79.1 Å². The van der Waals surface area contributed by atoms with E-state index in [9.17, 15) is 8.42 Å². The number of aromatic nitrogens is 2. The summed E-state index contributed by atoms with van der Waals surface area (Å²) < 4.78 is 36.1. The number of methoxy groups -OCH3 is 2. The second kappa shape index (κ2) is 8.40. The molecule has 2 aromatic heterocycles. The van der Waals surface area contributed by atoms with Gasteiger partial charge in [-0.2, -0.15) is 0 Å². The van der Waals surface area contributed by atoms with Crippen LogP contribution in [-0.4, -0.2) is 32.6 Å².